The van der Waals surface area contributed by atoms with Crippen LogP contribution in [0, 0.1) is 0 Å². The van der Waals surface area contributed by atoms with Gasteiger partial charge in [0.15, 0.2) is 0 Å². The van der Waals surface area contributed by atoms with E-state index in [1.165, 1.54) is 0 Å². The third kappa shape index (κ3) is 4.31. The van der Waals surface area contributed by atoms with Crippen LogP contribution < -0.4 is 4.72 Å². The molecular formula is C12H20N4O3S. The molecule has 1 aromatic heterocycles. The van der Waals surface area contributed by atoms with Gasteiger partial charge in [-0.1, -0.05) is 0 Å². The Morgan fingerprint density at radius 3 is 3.05 bits per heavy atom. The van der Waals surface area contributed by atoms with E-state index in [-0.39, 0.29) is 24.8 Å². The van der Waals surface area contributed by atoms with Gasteiger partial charge >= 0.3 is 0 Å². The van der Waals surface area contributed by atoms with Crippen molar-refractivity contribution in [2.75, 3.05) is 25.9 Å². The number of piperidine rings is 1. The molecule has 1 fully saturated rings. The Hall–Kier alpha value is -1.41. The van der Waals surface area contributed by atoms with E-state index in [0.29, 0.717) is 6.54 Å². The van der Waals surface area contributed by atoms with E-state index in [1.54, 1.807) is 11.1 Å². The Bertz CT molecular complexity index is 541. The molecule has 0 bridgehead atoms. The van der Waals surface area contributed by atoms with Gasteiger partial charge in [-0.2, -0.15) is 5.10 Å². The standard InChI is InChI=1S/C12H20N4O3S/c1-20(18,19)14-7-5-12(17)16-8-2-3-10(9-16)11-4-6-13-15-11/h4,6,10,14H,2-3,5,7-9H2,1H3,(H,13,15)/t10-/m1/s1. The Balaban J connectivity index is 1.84. The van der Waals surface area contributed by atoms with Crippen molar-refractivity contribution >= 4 is 15.9 Å². The summed E-state index contributed by atoms with van der Waals surface area (Å²) in [5.41, 5.74) is 1.05. The Morgan fingerprint density at radius 2 is 2.40 bits per heavy atom. The molecule has 20 heavy (non-hydrogen) atoms. The van der Waals surface area contributed by atoms with Crippen molar-refractivity contribution in [1.29, 1.82) is 0 Å². The average Bonchev–Trinajstić information content (AvgIpc) is 2.91. The van der Waals surface area contributed by atoms with Crippen molar-refractivity contribution in [3.8, 4) is 0 Å². The first-order chi connectivity index (χ1) is 9.46. The first kappa shape index (κ1) is 15.0. The number of carbonyl (C=O) groups excluding carboxylic acids is 1. The number of nitrogens with zero attached hydrogens (tertiary/aromatic N) is 2. The molecule has 1 saturated heterocycles. The maximum Gasteiger partial charge on any atom is 0.223 e. The van der Waals surface area contributed by atoms with Crippen LogP contribution in [0.5, 0.6) is 0 Å². The average molecular weight is 300 g/mol. The van der Waals surface area contributed by atoms with Crippen molar-refractivity contribution in [3.05, 3.63) is 18.0 Å². The molecule has 0 saturated carbocycles. The molecule has 2 N–H and O–H groups in total. The zero-order valence-electron chi connectivity index (χ0n) is 11.5. The number of aromatic nitrogens is 2. The molecule has 1 aliphatic heterocycles. The van der Waals surface area contributed by atoms with E-state index in [9.17, 15) is 13.2 Å². The van der Waals surface area contributed by atoms with Crippen LogP contribution in [0.1, 0.15) is 30.9 Å². The van der Waals surface area contributed by atoms with Crippen LogP contribution in [-0.2, 0) is 14.8 Å². The topological polar surface area (TPSA) is 95.2 Å². The second kappa shape index (κ2) is 6.36. The van der Waals surface area contributed by atoms with Crippen LogP contribution in [0.15, 0.2) is 12.3 Å². The molecule has 1 aromatic rings. The number of amides is 1. The quantitative estimate of drug-likeness (QED) is 0.803. The number of carbonyl (C=O) groups is 1. The predicted octanol–water partition coefficient (Wildman–Crippen LogP) is 0.0550. The van der Waals surface area contributed by atoms with Crippen molar-refractivity contribution in [1.82, 2.24) is 19.8 Å². The summed E-state index contributed by atoms with van der Waals surface area (Å²) in [6.45, 7) is 1.56. The van der Waals surface area contributed by atoms with Gasteiger partial charge in [-0.25, -0.2) is 13.1 Å². The smallest absolute Gasteiger partial charge is 0.223 e. The number of nitrogens with one attached hydrogen (secondary N) is 2. The van der Waals surface area contributed by atoms with Crippen LogP contribution in [-0.4, -0.2) is 55.3 Å². The molecule has 1 amide bonds. The number of aromatic amines is 1. The van der Waals surface area contributed by atoms with Gasteiger partial charge in [0, 0.05) is 43.9 Å². The van der Waals surface area contributed by atoms with Crippen LogP contribution >= 0.6 is 0 Å². The molecule has 2 heterocycles. The summed E-state index contributed by atoms with van der Waals surface area (Å²) in [4.78, 5) is 13.9. The largest absolute Gasteiger partial charge is 0.342 e. The summed E-state index contributed by atoms with van der Waals surface area (Å²) in [6.07, 6.45) is 4.99. The summed E-state index contributed by atoms with van der Waals surface area (Å²) in [6, 6.07) is 1.93. The van der Waals surface area contributed by atoms with E-state index in [0.717, 1.165) is 31.3 Å². The third-order valence-electron chi connectivity index (χ3n) is 3.44. The molecule has 7 nitrogen and oxygen atoms in total. The molecule has 0 unspecified atom stereocenters. The fourth-order valence-corrected chi connectivity index (χ4v) is 2.93. The minimum atomic E-state index is -3.23. The predicted molar refractivity (Wildman–Crippen MR) is 74.6 cm³/mol. The Morgan fingerprint density at radius 1 is 1.60 bits per heavy atom. The molecule has 1 aliphatic rings. The van der Waals surface area contributed by atoms with E-state index >= 15 is 0 Å². The van der Waals surface area contributed by atoms with Gasteiger partial charge in [0.25, 0.3) is 0 Å². The first-order valence-corrected chi connectivity index (χ1v) is 8.56. The molecule has 0 aliphatic carbocycles. The molecule has 112 valence electrons. The van der Waals surface area contributed by atoms with E-state index in [1.807, 2.05) is 6.07 Å². The van der Waals surface area contributed by atoms with Gasteiger partial charge < -0.3 is 4.90 Å². The highest BCUT2D eigenvalue weighted by Crippen LogP contribution is 2.25. The second-order valence-corrected chi connectivity index (χ2v) is 6.94. The SMILES string of the molecule is CS(=O)(=O)NCCC(=O)N1CCC[C@@H](c2ccn[nH]2)C1. The zero-order chi connectivity index (χ0) is 14.6. The van der Waals surface area contributed by atoms with E-state index in [2.05, 4.69) is 14.9 Å². The molecule has 0 aromatic carbocycles. The van der Waals surface area contributed by atoms with Gasteiger partial charge in [-0.3, -0.25) is 9.89 Å². The van der Waals surface area contributed by atoms with Gasteiger partial charge in [-0.05, 0) is 18.9 Å². The minimum Gasteiger partial charge on any atom is -0.342 e. The van der Waals surface area contributed by atoms with Gasteiger partial charge in [0.2, 0.25) is 15.9 Å². The lowest BCUT2D eigenvalue weighted by atomic mass is 9.95. The van der Waals surface area contributed by atoms with Gasteiger partial charge in [0.05, 0.1) is 6.26 Å². The van der Waals surface area contributed by atoms with E-state index in [4.69, 9.17) is 0 Å². The van der Waals surface area contributed by atoms with Crippen molar-refractivity contribution < 1.29 is 13.2 Å². The Kier molecular flexibility index (Phi) is 4.77. The summed E-state index contributed by atoms with van der Waals surface area (Å²) in [7, 11) is -3.23. The zero-order valence-corrected chi connectivity index (χ0v) is 12.3. The molecular weight excluding hydrogens is 280 g/mol. The van der Waals surface area contributed by atoms with Crippen molar-refractivity contribution in [3.63, 3.8) is 0 Å². The van der Waals surface area contributed by atoms with Crippen LogP contribution in [0.2, 0.25) is 0 Å². The summed E-state index contributed by atoms with van der Waals surface area (Å²) in [5, 5.41) is 6.89. The highest BCUT2D eigenvalue weighted by molar-refractivity contribution is 7.88. The number of likely N-dealkylation sites (tertiary alicyclic amines) is 1. The maximum absolute atomic E-state index is 12.1. The molecule has 0 radical (unpaired) electrons. The monoisotopic (exact) mass is 300 g/mol. The fraction of sp³-hybridized carbons (Fsp3) is 0.667. The molecule has 2 rings (SSSR count). The summed E-state index contributed by atoms with van der Waals surface area (Å²) >= 11 is 0. The number of sulfonamides is 1. The highest BCUT2D eigenvalue weighted by Gasteiger charge is 2.25. The lowest BCUT2D eigenvalue weighted by molar-refractivity contribution is -0.132. The number of hydrogen-bond donors (Lipinski definition) is 2. The number of rotatable bonds is 5. The number of H-pyrrole nitrogens is 1. The van der Waals surface area contributed by atoms with Gasteiger partial charge in [-0.15, -0.1) is 0 Å². The summed E-state index contributed by atoms with van der Waals surface area (Å²) < 4.78 is 24.2. The molecule has 8 heteroatoms. The highest BCUT2D eigenvalue weighted by atomic mass is 32.2. The lowest BCUT2D eigenvalue weighted by Gasteiger charge is -2.32. The van der Waals surface area contributed by atoms with E-state index < -0.39 is 10.0 Å². The number of hydrogen-bond acceptors (Lipinski definition) is 4. The summed E-state index contributed by atoms with van der Waals surface area (Å²) in [5.74, 6) is 0.281. The Labute approximate surface area is 118 Å². The second-order valence-electron chi connectivity index (χ2n) is 5.11. The third-order valence-corrected chi connectivity index (χ3v) is 4.17. The van der Waals surface area contributed by atoms with Crippen LogP contribution in [0.4, 0.5) is 0 Å². The van der Waals surface area contributed by atoms with Crippen molar-refractivity contribution in [2.45, 2.75) is 25.2 Å². The lowest BCUT2D eigenvalue weighted by Crippen LogP contribution is -2.40. The van der Waals surface area contributed by atoms with Crippen LogP contribution in [0.3, 0.4) is 0 Å². The minimum absolute atomic E-state index is 0.00892. The maximum atomic E-state index is 12.1. The molecule has 0 spiro atoms. The van der Waals surface area contributed by atoms with Crippen molar-refractivity contribution in [2.24, 2.45) is 0 Å². The molecule has 1 atom stereocenters. The van der Waals surface area contributed by atoms with Gasteiger partial charge in [0.1, 0.15) is 0 Å². The normalized spacial score (nSPS) is 20.1. The van der Waals surface area contributed by atoms with Crippen LogP contribution in [0.25, 0.3) is 0 Å². The fourth-order valence-electron chi connectivity index (χ4n) is 2.45. The first-order valence-electron chi connectivity index (χ1n) is 6.67.